The molecule has 2 aromatic rings. The minimum Gasteiger partial charge on any atom is -0.330 e. The minimum absolute atomic E-state index is 0.0191. The summed E-state index contributed by atoms with van der Waals surface area (Å²) in [6, 6.07) is 7.53. The standard InChI is InChI=1S/C14H19N5O/c1-10(8-15)7-13(20)17-12-5-3-11(4-6-12)14-18-16-9-19(14)2/h3-6,9-10H,7-8,15H2,1-2H3,(H,17,20). The second-order valence-corrected chi connectivity index (χ2v) is 4.94. The van der Waals surface area contributed by atoms with Gasteiger partial charge >= 0.3 is 0 Å². The quantitative estimate of drug-likeness (QED) is 0.862. The highest BCUT2D eigenvalue weighted by Crippen LogP contribution is 2.18. The summed E-state index contributed by atoms with van der Waals surface area (Å²) in [6.45, 7) is 2.47. The molecule has 1 aromatic carbocycles. The Morgan fingerprint density at radius 2 is 2.10 bits per heavy atom. The van der Waals surface area contributed by atoms with Crippen LogP contribution >= 0.6 is 0 Å². The molecule has 6 heteroatoms. The maximum atomic E-state index is 11.8. The zero-order chi connectivity index (χ0) is 14.5. The first-order valence-electron chi connectivity index (χ1n) is 6.54. The fraction of sp³-hybridized carbons (Fsp3) is 0.357. The molecule has 0 aliphatic heterocycles. The van der Waals surface area contributed by atoms with E-state index in [1.54, 1.807) is 6.33 Å². The molecule has 3 N–H and O–H groups in total. The van der Waals surface area contributed by atoms with Gasteiger partial charge in [-0.25, -0.2) is 0 Å². The topological polar surface area (TPSA) is 85.8 Å². The third-order valence-electron chi connectivity index (χ3n) is 3.07. The van der Waals surface area contributed by atoms with Crippen LogP contribution in [-0.2, 0) is 11.8 Å². The summed E-state index contributed by atoms with van der Waals surface area (Å²) in [7, 11) is 1.89. The van der Waals surface area contributed by atoms with Gasteiger partial charge in [-0.2, -0.15) is 0 Å². The van der Waals surface area contributed by atoms with Crippen molar-refractivity contribution < 1.29 is 4.79 Å². The smallest absolute Gasteiger partial charge is 0.224 e. The van der Waals surface area contributed by atoms with Crippen molar-refractivity contribution in [3.05, 3.63) is 30.6 Å². The zero-order valence-corrected chi connectivity index (χ0v) is 11.7. The first-order chi connectivity index (χ1) is 9.60. The maximum Gasteiger partial charge on any atom is 0.224 e. The molecule has 2 rings (SSSR count). The number of rotatable bonds is 5. The van der Waals surface area contributed by atoms with Crippen LogP contribution in [0.3, 0.4) is 0 Å². The van der Waals surface area contributed by atoms with Gasteiger partial charge in [-0.15, -0.1) is 10.2 Å². The van der Waals surface area contributed by atoms with Gasteiger partial charge in [-0.05, 0) is 36.7 Å². The normalized spacial score (nSPS) is 12.2. The summed E-state index contributed by atoms with van der Waals surface area (Å²) in [5.41, 5.74) is 7.23. The van der Waals surface area contributed by atoms with Crippen molar-refractivity contribution in [2.24, 2.45) is 18.7 Å². The van der Waals surface area contributed by atoms with Crippen LogP contribution in [0.1, 0.15) is 13.3 Å². The number of carbonyl (C=O) groups is 1. The predicted molar refractivity (Wildman–Crippen MR) is 77.9 cm³/mol. The average molecular weight is 273 g/mol. The Hall–Kier alpha value is -2.21. The molecule has 0 saturated carbocycles. The molecular weight excluding hydrogens is 254 g/mol. The molecule has 1 unspecified atom stereocenters. The summed E-state index contributed by atoms with van der Waals surface area (Å²) in [5, 5.41) is 10.7. The van der Waals surface area contributed by atoms with Crippen molar-refractivity contribution in [2.75, 3.05) is 11.9 Å². The fourth-order valence-corrected chi connectivity index (χ4v) is 1.86. The number of amides is 1. The highest BCUT2D eigenvalue weighted by molar-refractivity contribution is 5.91. The second kappa shape index (κ2) is 6.29. The van der Waals surface area contributed by atoms with Crippen molar-refractivity contribution in [3.8, 4) is 11.4 Å². The van der Waals surface area contributed by atoms with Crippen molar-refractivity contribution in [3.63, 3.8) is 0 Å². The summed E-state index contributed by atoms with van der Waals surface area (Å²) in [6.07, 6.45) is 2.08. The fourth-order valence-electron chi connectivity index (χ4n) is 1.86. The molecule has 1 aromatic heterocycles. The van der Waals surface area contributed by atoms with E-state index in [2.05, 4.69) is 15.5 Å². The number of anilines is 1. The highest BCUT2D eigenvalue weighted by Gasteiger charge is 2.08. The number of hydrogen-bond donors (Lipinski definition) is 2. The number of benzene rings is 1. The SMILES string of the molecule is CC(CN)CC(=O)Nc1ccc(-c2nncn2C)cc1. The lowest BCUT2D eigenvalue weighted by molar-refractivity contribution is -0.116. The Morgan fingerprint density at radius 1 is 1.40 bits per heavy atom. The van der Waals surface area contributed by atoms with E-state index in [1.807, 2.05) is 42.8 Å². The molecular formula is C14H19N5O. The number of aromatic nitrogens is 3. The number of nitrogens with one attached hydrogen (secondary N) is 1. The number of carbonyl (C=O) groups excluding carboxylic acids is 1. The molecule has 1 amide bonds. The minimum atomic E-state index is -0.0191. The Kier molecular flexibility index (Phi) is 4.47. The second-order valence-electron chi connectivity index (χ2n) is 4.94. The maximum absolute atomic E-state index is 11.8. The largest absolute Gasteiger partial charge is 0.330 e. The van der Waals surface area contributed by atoms with Crippen molar-refractivity contribution in [2.45, 2.75) is 13.3 Å². The number of nitrogens with zero attached hydrogens (tertiary/aromatic N) is 3. The van der Waals surface area contributed by atoms with Crippen LogP contribution in [0.4, 0.5) is 5.69 Å². The van der Waals surface area contributed by atoms with Crippen molar-refractivity contribution >= 4 is 11.6 Å². The summed E-state index contributed by atoms with van der Waals surface area (Å²) < 4.78 is 1.84. The van der Waals surface area contributed by atoms with E-state index in [0.29, 0.717) is 13.0 Å². The Balaban J connectivity index is 2.02. The molecule has 0 saturated heterocycles. The van der Waals surface area contributed by atoms with Gasteiger partial charge in [-0.3, -0.25) is 4.79 Å². The molecule has 0 aliphatic rings. The van der Waals surface area contributed by atoms with Gasteiger partial charge in [-0.1, -0.05) is 6.92 Å². The zero-order valence-electron chi connectivity index (χ0n) is 11.7. The predicted octanol–water partition coefficient (Wildman–Crippen LogP) is 1.41. The van der Waals surface area contributed by atoms with Crippen LogP contribution in [0, 0.1) is 5.92 Å². The van der Waals surface area contributed by atoms with E-state index < -0.39 is 0 Å². The van der Waals surface area contributed by atoms with E-state index in [9.17, 15) is 4.79 Å². The van der Waals surface area contributed by atoms with E-state index in [-0.39, 0.29) is 11.8 Å². The summed E-state index contributed by atoms with van der Waals surface area (Å²) in [4.78, 5) is 11.8. The first kappa shape index (κ1) is 14.2. The molecule has 0 aliphatic carbocycles. The molecule has 106 valence electrons. The van der Waals surface area contributed by atoms with Crippen LogP contribution in [-0.4, -0.2) is 27.2 Å². The molecule has 1 atom stereocenters. The van der Waals surface area contributed by atoms with Crippen molar-refractivity contribution in [1.82, 2.24) is 14.8 Å². The number of nitrogens with two attached hydrogens (primary N) is 1. The van der Waals surface area contributed by atoms with Gasteiger partial charge in [0, 0.05) is 24.7 Å². The Morgan fingerprint density at radius 3 is 2.65 bits per heavy atom. The van der Waals surface area contributed by atoms with E-state index in [0.717, 1.165) is 17.1 Å². The van der Waals surface area contributed by atoms with E-state index in [1.165, 1.54) is 0 Å². The lowest BCUT2D eigenvalue weighted by atomic mass is 10.1. The Labute approximate surface area is 118 Å². The molecule has 0 spiro atoms. The number of hydrogen-bond acceptors (Lipinski definition) is 4. The average Bonchev–Trinajstić information content (AvgIpc) is 2.85. The van der Waals surface area contributed by atoms with Crippen molar-refractivity contribution in [1.29, 1.82) is 0 Å². The first-order valence-corrected chi connectivity index (χ1v) is 6.54. The summed E-state index contributed by atoms with van der Waals surface area (Å²) in [5.74, 6) is 0.960. The van der Waals surface area contributed by atoms with E-state index in [4.69, 9.17) is 5.73 Å². The Bertz CT molecular complexity index is 576. The molecule has 20 heavy (non-hydrogen) atoms. The molecule has 0 radical (unpaired) electrons. The number of aryl methyl sites for hydroxylation is 1. The van der Waals surface area contributed by atoms with Crippen LogP contribution in [0.5, 0.6) is 0 Å². The van der Waals surface area contributed by atoms with E-state index >= 15 is 0 Å². The molecule has 0 bridgehead atoms. The van der Waals surface area contributed by atoms with Gasteiger partial charge in [0.05, 0.1) is 0 Å². The molecule has 1 heterocycles. The van der Waals surface area contributed by atoms with Crippen LogP contribution in [0.15, 0.2) is 30.6 Å². The van der Waals surface area contributed by atoms with Gasteiger partial charge in [0.1, 0.15) is 6.33 Å². The summed E-state index contributed by atoms with van der Waals surface area (Å²) >= 11 is 0. The monoisotopic (exact) mass is 273 g/mol. The van der Waals surface area contributed by atoms with Gasteiger partial charge in [0.25, 0.3) is 0 Å². The van der Waals surface area contributed by atoms with Crippen LogP contribution in [0.2, 0.25) is 0 Å². The molecule has 0 fully saturated rings. The van der Waals surface area contributed by atoms with Gasteiger partial charge in [0.15, 0.2) is 5.82 Å². The lowest BCUT2D eigenvalue weighted by Gasteiger charge is -2.09. The lowest BCUT2D eigenvalue weighted by Crippen LogP contribution is -2.20. The third-order valence-corrected chi connectivity index (χ3v) is 3.07. The van der Waals surface area contributed by atoms with Gasteiger partial charge < -0.3 is 15.6 Å². The van der Waals surface area contributed by atoms with Crippen LogP contribution < -0.4 is 11.1 Å². The highest BCUT2D eigenvalue weighted by atomic mass is 16.1. The van der Waals surface area contributed by atoms with Gasteiger partial charge in [0.2, 0.25) is 5.91 Å². The van der Waals surface area contributed by atoms with Crippen LogP contribution in [0.25, 0.3) is 11.4 Å². The third kappa shape index (κ3) is 3.42. The molecule has 6 nitrogen and oxygen atoms in total.